The number of fused-ring (bicyclic) bond motifs is 3. The van der Waals surface area contributed by atoms with Gasteiger partial charge in [0.25, 0.3) is 0 Å². The van der Waals surface area contributed by atoms with Crippen LogP contribution in [0.4, 0.5) is 16.2 Å². The van der Waals surface area contributed by atoms with Crippen LogP contribution in [0, 0.1) is 5.41 Å². The minimum Gasteiger partial charge on any atom is -0.464 e. The molecule has 2 aromatic carbocycles. The number of imidazole rings is 1. The summed E-state index contributed by atoms with van der Waals surface area (Å²) < 4.78 is 42.1. The van der Waals surface area contributed by atoms with E-state index in [1.54, 1.807) is 26.1 Å². The van der Waals surface area contributed by atoms with Gasteiger partial charge in [0.1, 0.15) is 23.5 Å². The first-order valence-electron chi connectivity index (χ1n) is 14.8. The average Bonchev–Trinajstić information content (AvgIpc) is 3.25. The fourth-order valence-electron chi connectivity index (χ4n) is 5.70. The van der Waals surface area contributed by atoms with Crippen LogP contribution in [-0.4, -0.2) is 79.6 Å². The van der Waals surface area contributed by atoms with Crippen molar-refractivity contribution in [1.29, 1.82) is 0 Å². The second kappa shape index (κ2) is 12.1. The molecule has 4 aromatic rings. The van der Waals surface area contributed by atoms with Crippen molar-refractivity contribution in [2.45, 2.75) is 63.4 Å². The number of esters is 1. The number of rotatable bonds is 11. The van der Waals surface area contributed by atoms with E-state index < -0.39 is 48.4 Å². The first-order chi connectivity index (χ1) is 22.2. The van der Waals surface area contributed by atoms with Gasteiger partial charge in [0.15, 0.2) is 35.0 Å². The molecule has 252 valence electrons. The lowest BCUT2D eigenvalue weighted by Crippen LogP contribution is -2.38. The zero-order valence-corrected chi connectivity index (χ0v) is 28.8. The number of nitrogens with zero attached hydrogens (tertiary/aromatic N) is 4. The standard InChI is InChI=1S/C30H36ClFN7O6PS/c1-16(25(40)42-14-28(2,3)4)38-46(47,44-19-12-8-10-17-9-6-7-11-18(17)19)45-26-29(13-31)30(26,41)21(32)24(43-29)39-15-35-20-22(34-5)36-27(33)37-23(20)39/h6-12,15-16,21,24,26,41H,13-14H2,1-5H3,(H,38,47)(H3,33,34,36,37)/t16-,21+,24-,26?,29-,30-,46?/m1/s1. The summed E-state index contributed by atoms with van der Waals surface area (Å²) in [5, 5.41) is 19.3. The van der Waals surface area contributed by atoms with Gasteiger partial charge in [0.05, 0.1) is 18.8 Å². The fraction of sp³-hybridized carbons (Fsp3) is 0.467. The highest BCUT2D eigenvalue weighted by atomic mass is 35.5. The molecule has 2 unspecified atom stereocenters. The number of ether oxygens (including phenoxy) is 2. The maximum absolute atomic E-state index is 16.5. The van der Waals surface area contributed by atoms with E-state index in [4.69, 9.17) is 47.7 Å². The van der Waals surface area contributed by atoms with Crippen molar-refractivity contribution in [3.05, 3.63) is 48.8 Å². The zero-order chi connectivity index (χ0) is 33.9. The summed E-state index contributed by atoms with van der Waals surface area (Å²) in [5.74, 6) is -0.311. The molecule has 47 heavy (non-hydrogen) atoms. The molecule has 0 amide bonds. The largest absolute Gasteiger partial charge is 0.464 e. The van der Waals surface area contributed by atoms with E-state index in [2.05, 4.69) is 25.4 Å². The molecule has 6 rings (SSSR count). The van der Waals surface area contributed by atoms with Crippen molar-refractivity contribution in [3.63, 3.8) is 0 Å². The van der Waals surface area contributed by atoms with Gasteiger partial charge in [-0.05, 0) is 35.6 Å². The summed E-state index contributed by atoms with van der Waals surface area (Å²) in [4.78, 5) is 25.6. The highest BCUT2D eigenvalue weighted by Gasteiger charge is 2.89. The number of anilines is 2. The molecule has 1 aliphatic carbocycles. The SMILES string of the molecule is CNc1nc(N)nc2c1ncn2[C@@H]1O[C@]2(CCl)C(OP(=S)(N[C@H](C)C(=O)OCC(C)(C)C)Oc3cccc4ccccc34)[C@]2(O)[C@H]1F. The van der Waals surface area contributed by atoms with Crippen molar-refractivity contribution in [2.75, 3.05) is 30.6 Å². The topological polar surface area (TPSA) is 168 Å². The smallest absolute Gasteiger partial charge is 0.323 e. The van der Waals surface area contributed by atoms with Gasteiger partial charge in [0, 0.05) is 12.4 Å². The lowest BCUT2D eigenvalue weighted by Gasteiger charge is -2.30. The predicted molar refractivity (Wildman–Crippen MR) is 179 cm³/mol. The molecular formula is C30H36ClFN7O6PS. The van der Waals surface area contributed by atoms with Crippen LogP contribution in [0.3, 0.4) is 0 Å². The van der Waals surface area contributed by atoms with Crippen LogP contribution in [0.15, 0.2) is 48.8 Å². The van der Waals surface area contributed by atoms with Gasteiger partial charge in [-0.25, -0.2) is 14.5 Å². The van der Waals surface area contributed by atoms with Crippen LogP contribution < -0.4 is 20.7 Å². The summed E-state index contributed by atoms with van der Waals surface area (Å²) in [7, 11) is 1.64. The molecule has 2 aromatic heterocycles. The molecule has 1 saturated heterocycles. The van der Waals surface area contributed by atoms with Gasteiger partial charge in [-0.15, -0.1) is 11.6 Å². The van der Waals surface area contributed by atoms with Gasteiger partial charge in [-0.2, -0.15) is 9.97 Å². The molecule has 2 aliphatic rings. The van der Waals surface area contributed by atoms with Crippen LogP contribution in [0.1, 0.15) is 33.9 Å². The van der Waals surface area contributed by atoms with Crippen molar-refractivity contribution >= 4 is 69.7 Å². The van der Waals surface area contributed by atoms with Crippen molar-refractivity contribution in [2.24, 2.45) is 5.41 Å². The quantitative estimate of drug-likeness (QED) is 0.0982. The highest BCUT2D eigenvalue weighted by molar-refractivity contribution is 8.09. The third kappa shape index (κ3) is 5.81. The third-order valence-corrected chi connectivity index (χ3v) is 11.0. The van der Waals surface area contributed by atoms with E-state index in [1.165, 1.54) is 10.9 Å². The Bertz CT molecular complexity index is 1890. The molecule has 13 nitrogen and oxygen atoms in total. The average molecular weight is 708 g/mol. The molecule has 3 heterocycles. The Balaban J connectivity index is 1.31. The number of halogens is 2. The van der Waals surface area contributed by atoms with Crippen molar-refractivity contribution in [3.8, 4) is 5.75 Å². The first-order valence-corrected chi connectivity index (χ1v) is 18.0. The zero-order valence-electron chi connectivity index (χ0n) is 26.3. The Labute approximate surface area is 280 Å². The lowest BCUT2D eigenvalue weighted by molar-refractivity contribution is -0.148. The minimum atomic E-state index is -3.78. The van der Waals surface area contributed by atoms with E-state index in [0.717, 1.165) is 10.8 Å². The van der Waals surface area contributed by atoms with Gasteiger partial charge >= 0.3 is 12.6 Å². The maximum atomic E-state index is 16.5. The Kier molecular flexibility index (Phi) is 8.65. The van der Waals surface area contributed by atoms with E-state index in [0.29, 0.717) is 17.1 Å². The molecule has 0 spiro atoms. The lowest BCUT2D eigenvalue weighted by atomic mass is 9.99. The highest BCUT2D eigenvalue weighted by Crippen LogP contribution is 2.69. The van der Waals surface area contributed by atoms with E-state index >= 15 is 4.39 Å². The number of aliphatic hydroxyl groups is 1. The number of hydrogen-bond donors (Lipinski definition) is 4. The summed E-state index contributed by atoms with van der Waals surface area (Å²) in [6.45, 7) is 3.75. The summed E-state index contributed by atoms with van der Waals surface area (Å²) in [6.07, 6.45) is -3.51. The number of benzene rings is 2. The third-order valence-electron chi connectivity index (χ3n) is 8.13. The van der Waals surface area contributed by atoms with Gasteiger partial charge < -0.3 is 30.2 Å². The van der Waals surface area contributed by atoms with Crippen LogP contribution >= 0.6 is 18.2 Å². The van der Waals surface area contributed by atoms with Crippen molar-refractivity contribution in [1.82, 2.24) is 24.6 Å². The second-order valence-electron chi connectivity index (χ2n) is 12.8. The molecule has 1 saturated carbocycles. The van der Waals surface area contributed by atoms with Gasteiger partial charge in [-0.1, -0.05) is 57.2 Å². The second-order valence-corrected chi connectivity index (χ2v) is 16.2. The van der Waals surface area contributed by atoms with Crippen LogP contribution in [0.2, 0.25) is 0 Å². The number of aromatic nitrogens is 4. The Hall–Kier alpha value is -3.17. The minimum absolute atomic E-state index is 0.0679. The monoisotopic (exact) mass is 707 g/mol. The van der Waals surface area contributed by atoms with Crippen LogP contribution in [-0.2, 0) is 30.6 Å². The van der Waals surface area contributed by atoms with Gasteiger partial charge in [0.2, 0.25) is 5.95 Å². The number of nitrogens with one attached hydrogen (secondary N) is 2. The van der Waals surface area contributed by atoms with Gasteiger partial charge in [-0.3, -0.25) is 13.9 Å². The summed E-state index contributed by atoms with van der Waals surface area (Å²) >= 11 is 12.4. The fourth-order valence-corrected chi connectivity index (χ4v) is 8.85. The predicted octanol–water partition coefficient (Wildman–Crippen LogP) is 4.45. The van der Waals surface area contributed by atoms with Crippen molar-refractivity contribution < 1.29 is 32.8 Å². The molecule has 7 atom stereocenters. The number of carbonyl (C=O) groups excluding carboxylic acids is 1. The van der Waals surface area contributed by atoms with Crippen LogP contribution in [0.5, 0.6) is 5.75 Å². The number of nitrogen functional groups attached to an aromatic ring is 1. The molecule has 17 heteroatoms. The number of hydrogen-bond acceptors (Lipinski definition) is 12. The number of carbonyl (C=O) groups is 1. The van der Waals surface area contributed by atoms with E-state index in [-0.39, 0.29) is 29.5 Å². The molecular weight excluding hydrogens is 672 g/mol. The molecule has 0 bridgehead atoms. The Morgan fingerprint density at radius 3 is 2.68 bits per heavy atom. The first kappa shape index (κ1) is 33.7. The maximum Gasteiger partial charge on any atom is 0.323 e. The van der Waals surface area contributed by atoms with Crippen LogP contribution in [0.25, 0.3) is 21.9 Å². The Morgan fingerprint density at radius 1 is 1.28 bits per heavy atom. The number of alkyl halides is 2. The Morgan fingerprint density at radius 2 is 2.00 bits per heavy atom. The van der Waals surface area contributed by atoms with E-state index in [1.807, 2.05) is 51.1 Å². The molecule has 0 radical (unpaired) electrons. The molecule has 5 N–H and O–H groups in total. The molecule has 2 fully saturated rings. The summed E-state index contributed by atoms with van der Waals surface area (Å²) in [6, 6.07) is 11.9. The number of nitrogens with two attached hydrogens (primary N) is 1. The van der Waals surface area contributed by atoms with E-state index in [9.17, 15) is 9.90 Å². The normalized spacial score (nSPS) is 27.3. The summed E-state index contributed by atoms with van der Waals surface area (Å²) in [5.41, 5.74) is 2.14. The molecule has 1 aliphatic heterocycles.